The SMILES string of the molecule is Cc1ccc(C(=O)Cn2ccn(C)c2=O)cc1. The van der Waals surface area contributed by atoms with Crippen LogP contribution in [0, 0.1) is 6.92 Å². The molecular weight excluding hydrogens is 216 g/mol. The third kappa shape index (κ3) is 2.36. The third-order valence-electron chi connectivity index (χ3n) is 2.71. The lowest BCUT2D eigenvalue weighted by Crippen LogP contribution is -2.25. The number of imidazole rings is 1. The highest BCUT2D eigenvalue weighted by atomic mass is 16.2. The Balaban J connectivity index is 2.20. The summed E-state index contributed by atoms with van der Waals surface area (Å²) >= 11 is 0. The molecule has 0 amide bonds. The molecule has 0 spiro atoms. The minimum absolute atomic E-state index is 0.0571. The molecule has 0 fully saturated rings. The van der Waals surface area contributed by atoms with Crippen LogP contribution >= 0.6 is 0 Å². The van der Waals surface area contributed by atoms with Gasteiger partial charge >= 0.3 is 5.69 Å². The lowest BCUT2D eigenvalue weighted by atomic mass is 10.1. The van der Waals surface area contributed by atoms with Crippen molar-refractivity contribution in [2.75, 3.05) is 0 Å². The number of rotatable bonds is 3. The van der Waals surface area contributed by atoms with Gasteiger partial charge in [-0.15, -0.1) is 0 Å². The lowest BCUT2D eigenvalue weighted by molar-refractivity contribution is 0.0971. The Bertz CT molecular complexity index is 591. The average Bonchev–Trinajstić information content (AvgIpc) is 2.62. The van der Waals surface area contributed by atoms with Gasteiger partial charge in [0.15, 0.2) is 5.78 Å². The van der Waals surface area contributed by atoms with E-state index < -0.39 is 0 Å². The van der Waals surface area contributed by atoms with Crippen LogP contribution in [0.15, 0.2) is 41.5 Å². The Labute approximate surface area is 99.1 Å². The molecule has 0 bridgehead atoms. The fourth-order valence-corrected chi connectivity index (χ4v) is 1.62. The van der Waals surface area contributed by atoms with Crippen molar-refractivity contribution in [1.29, 1.82) is 0 Å². The fraction of sp³-hybridized carbons (Fsp3) is 0.231. The van der Waals surface area contributed by atoms with Crippen LogP contribution in [-0.4, -0.2) is 14.9 Å². The molecule has 0 saturated carbocycles. The van der Waals surface area contributed by atoms with Crippen LogP contribution in [0.4, 0.5) is 0 Å². The van der Waals surface area contributed by atoms with Gasteiger partial charge in [0, 0.05) is 25.0 Å². The van der Waals surface area contributed by atoms with Gasteiger partial charge in [-0.05, 0) is 6.92 Å². The molecule has 4 heteroatoms. The molecule has 0 atom stereocenters. The van der Waals surface area contributed by atoms with E-state index in [-0.39, 0.29) is 18.0 Å². The topological polar surface area (TPSA) is 44.0 Å². The number of ketones is 1. The number of benzene rings is 1. The molecule has 0 N–H and O–H groups in total. The molecule has 4 nitrogen and oxygen atoms in total. The summed E-state index contributed by atoms with van der Waals surface area (Å²) in [6, 6.07) is 7.35. The molecule has 1 heterocycles. The van der Waals surface area contributed by atoms with Crippen LogP contribution in [0.2, 0.25) is 0 Å². The van der Waals surface area contributed by atoms with E-state index in [1.54, 1.807) is 31.6 Å². The summed E-state index contributed by atoms with van der Waals surface area (Å²) in [5.74, 6) is -0.0571. The van der Waals surface area contributed by atoms with E-state index >= 15 is 0 Å². The van der Waals surface area contributed by atoms with Gasteiger partial charge in [0.2, 0.25) is 0 Å². The number of Topliss-reactive ketones (excluding diaryl/α,β-unsaturated/α-hetero) is 1. The second-order valence-corrected chi connectivity index (χ2v) is 4.11. The Morgan fingerprint density at radius 1 is 1.18 bits per heavy atom. The zero-order valence-corrected chi connectivity index (χ0v) is 9.88. The maximum atomic E-state index is 11.9. The summed E-state index contributed by atoms with van der Waals surface area (Å²) in [5, 5.41) is 0. The van der Waals surface area contributed by atoms with E-state index in [0.717, 1.165) is 5.56 Å². The molecule has 17 heavy (non-hydrogen) atoms. The highest BCUT2D eigenvalue weighted by Gasteiger charge is 2.08. The molecular formula is C13H14N2O2. The molecule has 0 aliphatic rings. The van der Waals surface area contributed by atoms with E-state index in [0.29, 0.717) is 5.56 Å². The van der Waals surface area contributed by atoms with Gasteiger partial charge in [-0.25, -0.2) is 4.79 Å². The average molecular weight is 230 g/mol. The first-order chi connectivity index (χ1) is 8.08. The molecule has 0 unspecified atom stereocenters. The highest BCUT2D eigenvalue weighted by molar-refractivity contribution is 5.95. The largest absolute Gasteiger partial charge is 0.328 e. The van der Waals surface area contributed by atoms with Gasteiger partial charge in [-0.1, -0.05) is 29.8 Å². The van der Waals surface area contributed by atoms with Crippen LogP contribution in [0.3, 0.4) is 0 Å². The lowest BCUT2D eigenvalue weighted by Gasteiger charge is -2.02. The molecule has 1 aromatic heterocycles. The number of carbonyl (C=O) groups is 1. The van der Waals surface area contributed by atoms with Crippen LogP contribution in [0.25, 0.3) is 0 Å². The van der Waals surface area contributed by atoms with Gasteiger partial charge in [-0.3, -0.25) is 9.36 Å². The van der Waals surface area contributed by atoms with Crippen molar-refractivity contribution in [2.24, 2.45) is 7.05 Å². The molecule has 1 aromatic carbocycles. The van der Waals surface area contributed by atoms with E-state index in [4.69, 9.17) is 0 Å². The van der Waals surface area contributed by atoms with Crippen molar-refractivity contribution >= 4 is 5.78 Å². The van der Waals surface area contributed by atoms with Crippen LogP contribution in [0.5, 0.6) is 0 Å². The number of aryl methyl sites for hydroxylation is 2. The Morgan fingerprint density at radius 2 is 1.82 bits per heavy atom. The maximum Gasteiger partial charge on any atom is 0.328 e. The molecule has 2 aromatic rings. The molecule has 2 rings (SSSR count). The van der Waals surface area contributed by atoms with Crippen molar-refractivity contribution in [1.82, 2.24) is 9.13 Å². The summed E-state index contributed by atoms with van der Waals surface area (Å²) in [6.45, 7) is 2.05. The highest BCUT2D eigenvalue weighted by Crippen LogP contribution is 2.04. The number of hydrogen-bond acceptors (Lipinski definition) is 2. The van der Waals surface area contributed by atoms with Gasteiger partial charge in [0.05, 0.1) is 6.54 Å². The zero-order chi connectivity index (χ0) is 12.4. The zero-order valence-electron chi connectivity index (χ0n) is 9.88. The smallest absolute Gasteiger partial charge is 0.302 e. The van der Waals surface area contributed by atoms with Crippen molar-refractivity contribution < 1.29 is 4.79 Å². The van der Waals surface area contributed by atoms with Gasteiger partial charge in [-0.2, -0.15) is 0 Å². The fourth-order valence-electron chi connectivity index (χ4n) is 1.62. The predicted octanol–water partition coefficient (Wildman–Crippen LogP) is 1.38. The molecule has 0 aliphatic heterocycles. The molecule has 0 aliphatic carbocycles. The molecule has 0 radical (unpaired) electrons. The van der Waals surface area contributed by atoms with Crippen molar-refractivity contribution in [2.45, 2.75) is 13.5 Å². The van der Waals surface area contributed by atoms with E-state index in [9.17, 15) is 9.59 Å². The first-order valence-electron chi connectivity index (χ1n) is 5.39. The second kappa shape index (κ2) is 4.41. The second-order valence-electron chi connectivity index (χ2n) is 4.11. The van der Waals surface area contributed by atoms with E-state index in [1.807, 2.05) is 19.1 Å². The number of carbonyl (C=O) groups excluding carboxylic acids is 1. The summed E-state index contributed by atoms with van der Waals surface area (Å²) < 4.78 is 2.85. The predicted molar refractivity (Wildman–Crippen MR) is 65.2 cm³/mol. The summed E-state index contributed by atoms with van der Waals surface area (Å²) in [5.41, 5.74) is 1.57. The Kier molecular flexibility index (Phi) is 2.95. The first kappa shape index (κ1) is 11.4. The van der Waals surface area contributed by atoms with Crippen molar-refractivity contribution in [3.05, 3.63) is 58.3 Å². The Morgan fingerprint density at radius 3 is 2.35 bits per heavy atom. The first-order valence-corrected chi connectivity index (χ1v) is 5.39. The molecule has 0 saturated heterocycles. The monoisotopic (exact) mass is 230 g/mol. The normalized spacial score (nSPS) is 10.5. The molecule has 88 valence electrons. The van der Waals surface area contributed by atoms with Gasteiger partial charge in [0.1, 0.15) is 0 Å². The minimum Gasteiger partial charge on any atom is -0.302 e. The number of nitrogens with zero attached hydrogens (tertiary/aromatic N) is 2. The maximum absolute atomic E-state index is 11.9. The third-order valence-corrected chi connectivity index (χ3v) is 2.71. The van der Waals surface area contributed by atoms with Crippen molar-refractivity contribution in [3.8, 4) is 0 Å². The van der Waals surface area contributed by atoms with Crippen LogP contribution in [0.1, 0.15) is 15.9 Å². The number of aromatic nitrogens is 2. The van der Waals surface area contributed by atoms with E-state index in [1.165, 1.54) is 9.13 Å². The minimum atomic E-state index is -0.175. The van der Waals surface area contributed by atoms with E-state index in [2.05, 4.69) is 0 Å². The van der Waals surface area contributed by atoms with Crippen molar-refractivity contribution in [3.63, 3.8) is 0 Å². The number of hydrogen-bond donors (Lipinski definition) is 0. The Hall–Kier alpha value is -2.10. The van der Waals surface area contributed by atoms with Crippen LogP contribution in [-0.2, 0) is 13.6 Å². The van der Waals surface area contributed by atoms with Crippen LogP contribution < -0.4 is 5.69 Å². The summed E-state index contributed by atoms with van der Waals surface area (Å²) in [6.07, 6.45) is 3.26. The van der Waals surface area contributed by atoms with Gasteiger partial charge in [0.25, 0.3) is 0 Å². The quantitative estimate of drug-likeness (QED) is 0.748. The standard InChI is InChI=1S/C13H14N2O2/c1-10-3-5-11(6-4-10)12(16)9-15-8-7-14(2)13(15)17/h3-8H,9H2,1-2H3. The summed E-state index contributed by atoms with van der Waals surface area (Å²) in [7, 11) is 1.66. The summed E-state index contributed by atoms with van der Waals surface area (Å²) in [4.78, 5) is 23.5. The van der Waals surface area contributed by atoms with Gasteiger partial charge < -0.3 is 4.57 Å².